The minimum atomic E-state index is -3.73. The van der Waals surface area contributed by atoms with Gasteiger partial charge in [0, 0.05) is 18.4 Å². The van der Waals surface area contributed by atoms with Crippen LogP contribution in [-0.2, 0) is 10.0 Å². The van der Waals surface area contributed by atoms with Crippen molar-refractivity contribution < 1.29 is 8.42 Å². The Morgan fingerprint density at radius 3 is 2.70 bits per heavy atom. The van der Waals surface area contributed by atoms with Crippen molar-refractivity contribution in [2.75, 3.05) is 5.32 Å². The largest absolute Gasteiger partial charge is 0.381 e. The lowest BCUT2D eigenvalue weighted by atomic mass is 9.95. The lowest BCUT2D eigenvalue weighted by molar-refractivity contribution is 0.462. The first-order valence-electron chi connectivity index (χ1n) is 6.45. The number of nitrogens with zero attached hydrogens (tertiary/aromatic N) is 1. The van der Waals surface area contributed by atoms with E-state index in [9.17, 15) is 8.42 Å². The molecule has 20 heavy (non-hydrogen) atoms. The molecule has 0 saturated heterocycles. The van der Waals surface area contributed by atoms with Gasteiger partial charge in [0.2, 0.25) is 0 Å². The molecule has 110 valence electrons. The number of anilines is 1. The van der Waals surface area contributed by atoms with E-state index in [2.05, 4.69) is 39.9 Å². The van der Waals surface area contributed by atoms with Crippen molar-refractivity contribution in [2.24, 2.45) is 0 Å². The van der Waals surface area contributed by atoms with E-state index < -0.39 is 10.0 Å². The molecule has 1 aliphatic carbocycles. The lowest BCUT2D eigenvalue weighted by Gasteiger charge is -2.24. The molecule has 0 aromatic carbocycles. The van der Waals surface area contributed by atoms with Crippen LogP contribution in [0.3, 0.4) is 0 Å². The molecule has 1 aromatic heterocycles. The summed E-state index contributed by atoms with van der Waals surface area (Å²) in [5, 5.41) is 3.30. The van der Waals surface area contributed by atoms with Gasteiger partial charge in [0.1, 0.15) is 9.22 Å². The van der Waals surface area contributed by atoms with Crippen molar-refractivity contribution in [3.05, 3.63) is 18.5 Å². The van der Waals surface area contributed by atoms with Gasteiger partial charge in [-0.1, -0.05) is 31.5 Å². The Morgan fingerprint density at radius 2 is 2.05 bits per heavy atom. The van der Waals surface area contributed by atoms with Crippen molar-refractivity contribution in [2.45, 2.75) is 43.0 Å². The number of aromatic nitrogens is 1. The summed E-state index contributed by atoms with van der Waals surface area (Å²) < 4.78 is 26.5. The molecule has 1 saturated carbocycles. The Hall–Kier alpha value is -0.860. The summed E-state index contributed by atoms with van der Waals surface area (Å²) >= 11 is 8.49. The van der Waals surface area contributed by atoms with Crippen molar-refractivity contribution in [1.29, 1.82) is 0 Å². The lowest BCUT2D eigenvalue weighted by Crippen LogP contribution is -2.28. The van der Waals surface area contributed by atoms with Gasteiger partial charge in [-0.05, 0) is 18.9 Å². The highest BCUT2D eigenvalue weighted by molar-refractivity contribution is 8.12. The number of nitrogens with one attached hydrogen (secondary N) is 2. The predicted molar refractivity (Wildman–Crippen MR) is 86.6 cm³/mol. The average Bonchev–Trinajstić information content (AvgIpc) is 2.39. The van der Waals surface area contributed by atoms with Crippen molar-refractivity contribution in [1.82, 2.24) is 9.71 Å². The summed E-state index contributed by atoms with van der Waals surface area (Å²) in [6, 6.07) is 1.98. The van der Waals surface area contributed by atoms with Crippen LogP contribution in [0.2, 0.25) is 0 Å². The van der Waals surface area contributed by atoms with Gasteiger partial charge in [-0.25, -0.2) is 8.42 Å². The summed E-state index contributed by atoms with van der Waals surface area (Å²) in [6.45, 7) is 0. The zero-order valence-electron chi connectivity index (χ0n) is 10.9. The van der Waals surface area contributed by atoms with Gasteiger partial charge in [-0.3, -0.25) is 9.71 Å². The van der Waals surface area contributed by atoms with E-state index in [-0.39, 0.29) is 9.22 Å². The molecule has 2 N–H and O–H groups in total. The number of rotatable bonds is 4. The van der Waals surface area contributed by atoms with E-state index in [1.807, 2.05) is 0 Å². The van der Waals surface area contributed by atoms with Crippen LogP contribution in [0.5, 0.6) is 0 Å². The molecule has 2 rings (SSSR count). The van der Waals surface area contributed by atoms with E-state index in [1.165, 1.54) is 25.5 Å². The van der Waals surface area contributed by atoms with E-state index in [1.54, 1.807) is 12.3 Å². The van der Waals surface area contributed by atoms with Crippen LogP contribution < -0.4 is 10.0 Å². The number of sulfonamides is 1. The summed E-state index contributed by atoms with van der Waals surface area (Å²) in [7, 11) is -3.73. The third-order valence-electron chi connectivity index (χ3n) is 3.26. The smallest absolute Gasteiger partial charge is 0.266 e. The van der Waals surface area contributed by atoms with E-state index >= 15 is 0 Å². The van der Waals surface area contributed by atoms with Crippen LogP contribution in [0, 0.1) is 0 Å². The summed E-state index contributed by atoms with van der Waals surface area (Å²) in [5.41, 5.74) is 0.559. The topological polar surface area (TPSA) is 71.1 Å². The molecule has 8 heteroatoms. The van der Waals surface area contributed by atoms with E-state index in [0.29, 0.717) is 11.7 Å². The number of hydrogen-bond acceptors (Lipinski definition) is 5. The Kier molecular flexibility index (Phi) is 5.22. The quantitative estimate of drug-likeness (QED) is 0.583. The van der Waals surface area contributed by atoms with Gasteiger partial charge >= 0.3 is 0 Å². The molecule has 0 bridgehead atoms. The first kappa shape index (κ1) is 15.5. The Balaban J connectivity index is 2.23. The van der Waals surface area contributed by atoms with Crippen LogP contribution in [0.25, 0.3) is 0 Å². The molecule has 1 aromatic rings. The van der Waals surface area contributed by atoms with E-state index in [0.717, 1.165) is 12.8 Å². The van der Waals surface area contributed by atoms with Crippen LogP contribution in [0.1, 0.15) is 32.1 Å². The second-order valence-corrected chi connectivity index (χ2v) is 7.57. The van der Waals surface area contributed by atoms with Gasteiger partial charge in [-0.15, -0.1) is 12.6 Å². The van der Waals surface area contributed by atoms with Crippen LogP contribution in [0.4, 0.5) is 5.69 Å². The molecule has 0 spiro atoms. The third-order valence-corrected chi connectivity index (χ3v) is 5.13. The Morgan fingerprint density at radius 1 is 1.35 bits per heavy atom. The normalized spacial score (nSPS) is 16.6. The minimum Gasteiger partial charge on any atom is -0.381 e. The molecule has 0 atom stereocenters. The molecule has 1 aliphatic rings. The fraction of sp³-hybridized carbons (Fsp3) is 0.500. The number of thiocarbonyl (C=S) groups is 1. The van der Waals surface area contributed by atoms with Crippen molar-refractivity contribution in [3.63, 3.8) is 0 Å². The molecular weight excluding hydrogens is 314 g/mol. The monoisotopic (exact) mass is 331 g/mol. The summed E-state index contributed by atoms with van der Waals surface area (Å²) in [6.07, 6.45) is 8.59. The SMILES string of the molecule is O=S(=O)(NC(=S)S)c1cnccc1NC1CCCCC1. The molecular formula is C12H17N3O2S3. The molecule has 1 fully saturated rings. The van der Waals surface area contributed by atoms with Gasteiger partial charge in [-0.2, -0.15) is 0 Å². The molecule has 1 heterocycles. The van der Waals surface area contributed by atoms with Crippen molar-refractivity contribution in [3.8, 4) is 0 Å². The molecule has 0 radical (unpaired) electrons. The highest BCUT2D eigenvalue weighted by Gasteiger charge is 2.21. The number of hydrogen-bond donors (Lipinski definition) is 3. The fourth-order valence-corrected chi connectivity index (χ4v) is 4.00. The van der Waals surface area contributed by atoms with Crippen molar-refractivity contribution >= 4 is 44.9 Å². The molecule has 0 aliphatic heterocycles. The van der Waals surface area contributed by atoms with Gasteiger partial charge in [0.05, 0.1) is 5.69 Å². The third kappa shape index (κ3) is 4.07. The van der Waals surface area contributed by atoms with Crippen LogP contribution >= 0.6 is 24.8 Å². The minimum absolute atomic E-state index is 0.0857. The highest BCUT2D eigenvalue weighted by atomic mass is 32.2. The predicted octanol–water partition coefficient (Wildman–Crippen LogP) is 2.32. The zero-order valence-corrected chi connectivity index (χ0v) is 13.4. The standard InChI is InChI=1S/C12H17N3O2S3/c16-20(17,15-12(18)19)11-8-13-7-6-10(11)14-9-4-2-1-3-5-9/h6-9H,1-5H2,(H,13,14)(H2,15,18,19). The second kappa shape index (κ2) is 6.73. The maximum absolute atomic E-state index is 12.2. The molecule has 0 unspecified atom stereocenters. The summed E-state index contributed by atoms with van der Waals surface area (Å²) in [5.74, 6) is 0. The van der Waals surface area contributed by atoms with E-state index in [4.69, 9.17) is 0 Å². The van der Waals surface area contributed by atoms with Gasteiger partial charge < -0.3 is 5.32 Å². The molecule has 0 amide bonds. The maximum Gasteiger partial charge on any atom is 0.266 e. The highest BCUT2D eigenvalue weighted by Crippen LogP contribution is 2.25. The average molecular weight is 331 g/mol. The summed E-state index contributed by atoms with van der Waals surface area (Å²) in [4.78, 5) is 3.98. The fourth-order valence-electron chi connectivity index (χ4n) is 2.35. The Bertz CT molecular complexity index is 583. The second-order valence-electron chi connectivity index (χ2n) is 4.76. The van der Waals surface area contributed by atoms with Gasteiger partial charge in [0.25, 0.3) is 10.0 Å². The first-order chi connectivity index (χ1) is 9.49. The Labute approximate surface area is 130 Å². The van der Waals surface area contributed by atoms with Gasteiger partial charge in [0.15, 0.2) is 0 Å². The van der Waals surface area contributed by atoms with Crippen LogP contribution in [0.15, 0.2) is 23.4 Å². The number of thiol groups is 1. The zero-order chi connectivity index (χ0) is 14.6. The first-order valence-corrected chi connectivity index (χ1v) is 8.79. The van der Waals surface area contributed by atoms with Crippen LogP contribution in [-0.4, -0.2) is 23.8 Å². The molecule has 5 nitrogen and oxygen atoms in total. The number of pyridine rings is 1. The maximum atomic E-state index is 12.2.